The average Bonchev–Trinajstić information content (AvgIpc) is 2.37. The molecule has 1 heterocycles. The molecule has 0 unspecified atom stereocenters. The fourth-order valence-corrected chi connectivity index (χ4v) is 2.49. The summed E-state index contributed by atoms with van der Waals surface area (Å²) < 4.78 is 0. The molecule has 2 aromatic rings. The van der Waals surface area contributed by atoms with Gasteiger partial charge >= 0.3 is 0 Å². The summed E-state index contributed by atoms with van der Waals surface area (Å²) in [6.07, 6.45) is 0. The minimum Gasteiger partial charge on any atom is -0.389 e. The zero-order valence-electron chi connectivity index (χ0n) is 12.2. The van der Waals surface area contributed by atoms with Gasteiger partial charge in [-0.15, -0.1) is 0 Å². The van der Waals surface area contributed by atoms with Crippen LogP contribution in [0.2, 0.25) is 0 Å². The van der Waals surface area contributed by atoms with E-state index in [0.717, 1.165) is 11.3 Å². The number of carbonyl (C=O) groups is 1. The van der Waals surface area contributed by atoms with E-state index in [1.807, 2.05) is 39.0 Å². The van der Waals surface area contributed by atoms with E-state index in [0.29, 0.717) is 22.5 Å². The van der Waals surface area contributed by atoms with Gasteiger partial charge in [0.05, 0.1) is 16.9 Å². The predicted molar refractivity (Wildman–Crippen MR) is 88.7 cm³/mol. The molecule has 0 spiro atoms. The van der Waals surface area contributed by atoms with E-state index in [1.54, 1.807) is 12.1 Å². The van der Waals surface area contributed by atoms with Gasteiger partial charge in [-0.3, -0.25) is 9.78 Å². The van der Waals surface area contributed by atoms with Crippen molar-refractivity contribution in [3.05, 3.63) is 58.4 Å². The third kappa shape index (κ3) is 3.25. The van der Waals surface area contributed by atoms with Crippen LogP contribution in [-0.2, 0) is 0 Å². The lowest BCUT2D eigenvalue weighted by molar-refractivity contribution is 0.102. The highest BCUT2D eigenvalue weighted by molar-refractivity contribution is 7.80. The number of thiocarbonyl (C=S) groups is 1. The first kappa shape index (κ1) is 15.1. The molecule has 21 heavy (non-hydrogen) atoms. The lowest BCUT2D eigenvalue weighted by Crippen LogP contribution is -2.19. The number of benzene rings is 1. The standard InChI is InChI=1S/C16H17N3OS/c1-9-5-4-6-13(14(9)15(17)21)19-16(20)12-8-7-10(2)18-11(12)3/h4-8H,1-3H3,(H2,17,21)(H,19,20). The van der Waals surface area contributed by atoms with E-state index in [2.05, 4.69) is 10.3 Å². The Hall–Kier alpha value is -2.27. The van der Waals surface area contributed by atoms with E-state index < -0.39 is 0 Å². The molecule has 1 amide bonds. The number of aromatic nitrogens is 1. The van der Waals surface area contributed by atoms with Gasteiger partial charge in [0.1, 0.15) is 4.99 Å². The molecule has 0 radical (unpaired) electrons. The fourth-order valence-electron chi connectivity index (χ4n) is 2.22. The second-order valence-corrected chi connectivity index (χ2v) is 5.34. The van der Waals surface area contributed by atoms with Gasteiger partial charge in [0.25, 0.3) is 5.91 Å². The van der Waals surface area contributed by atoms with Crippen molar-refractivity contribution in [2.45, 2.75) is 20.8 Å². The second-order valence-electron chi connectivity index (χ2n) is 4.90. The molecule has 0 fully saturated rings. The molecule has 4 nitrogen and oxygen atoms in total. The molecule has 0 aliphatic carbocycles. The molecular weight excluding hydrogens is 282 g/mol. The van der Waals surface area contributed by atoms with Crippen LogP contribution in [0.1, 0.15) is 32.9 Å². The molecule has 1 aromatic carbocycles. The Kier molecular flexibility index (Phi) is 4.33. The van der Waals surface area contributed by atoms with Crippen LogP contribution in [0.4, 0.5) is 5.69 Å². The Balaban J connectivity index is 2.36. The van der Waals surface area contributed by atoms with Crippen LogP contribution in [-0.4, -0.2) is 15.9 Å². The molecule has 0 aliphatic rings. The molecule has 5 heteroatoms. The monoisotopic (exact) mass is 299 g/mol. The van der Waals surface area contributed by atoms with Crippen molar-refractivity contribution in [1.82, 2.24) is 4.98 Å². The molecule has 1 aromatic heterocycles. The van der Waals surface area contributed by atoms with Crippen molar-refractivity contribution in [1.29, 1.82) is 0 Å². The Morgan fingerprint density at radius 2 is 1.90 bits per heavy atom. The van der Waals surface area contributed by atoms with Crippen molar-refractivity contribution >= 4 is 28.8 Å². The highest BCUT2D eigenvalue weighted by atomic mass is 32.1. The van der Waals surface area contributed by atoms with Gasteiger partial charge in [-0.1, -0.05) is 24.4 Å². The first-order valence-corrected chi connectivity index (χ1v) is 6.96. The summed E-state index contributed by atoms with van der Waals surface area (Å²) in [6.45, 7) is 5.61. The number of hydrogen-bond donors (Lipinski definition) is 2. The Morgan fingerprint density at radius 3 is 2.52 bits per heavy atom. The number of nitrogens with two attached hydrogens (primary N) is 1. The van der Waals surface area contributed by atoms with Crippen LogP contribution < -0.4 is 11.1 Å². The first-order valence-electron chi connectivity index (χ1n) is 6.55. The van der Waals surface area contributed by atoms with Gasteiger partial charge in [0, 0.05) is 11.3 Å². The normalized spacial score (nSPS) is 10.2. The minimum atomic E-state index is -0.219. The van der Waals surface area contributed by atoms with Crippen LogP contribution in [0.5, 0.6) is 0 Å². The third-order valence-corrected chi connectivity index (χ3v) is 3.44. The second kappa shape index (κ2) is 6.01. The van der Waals surface area contributed by atoms with Gasteiger partial charge in [0.2, 0.25) is 0 Å². The van der Waals surface area contributed by atoms with Crippen molar-refractivity contribution in [2.24, 2.45) is 5.73 Å². The van der Waals surface area contributed by atoms with Crippen molar-refractivity contribution in [2.75, 3.05) is 5.32 Å². The zero-order chi connectivity index (χ0) is 15.6. The van der Waals surface area contributed by atoms with Crippen molar-refractivity contribution in [3.8, 4) is 0 Å². The van der Waals surface area contributed by atoms with Crippen molar-refractivity contribution in [3.63, 3.8) is 0 Å². The lowest BCUT2D eigenvalue weighted by Gasteiger charge is -2.13. The van der Waals surface area contributed by atoms with E-state index in [-0.39, 0.29) is 10.9 Å². The third-order valence-electron chi connectivity index (χ3n) is 3.24. The Morgan fingerprint density at radius 1 is 1.19 bits per heavy atom. The SMILES string of the molecule is Cc1ccc(C(=O)Nc2cccc(C)c2C(N)=S)c(C)n1. The van der Waals surface area contributed by atoms with Crippen LogP contribution >= 0.6 is 12.2 Å². The maximum atomic E-state index is 12.4. The number of amides is 1. The number of anilines is 1. The van der Waals surface area contributed by atoms with Crippen LogP contribution in [0, 0.1) is 20.8 Å². The highest BCUT2D eigenvalue weighted by Gasteiger charge is 2.14. The molecule has 0 saturated heterocycles. The summed E-state index contributed by atoms with van der Waals surface area (Å²) in [5.74, 6) is -0.219. The molecular formula is C16H17N3OS. The van der Waals surface area contributed by atoms with Crippen LogP contribution in [0.3, 0.4) is 0 Å². The predicted octanol–water partition coefficient (Wildman–Crippen LogP) is 2.89. The summed E-state index contributed by atoms with van der Waals surface area (Å²) >= 11 is 5.06. The number of nitrogens with one attached hydrogen (secondary N) is 1. The van der Waals surface area contributed by atoms with E-state index >= 15 is 0 Å². The Bertz CT molecular complexity index is 725. The average molecular weight is 299 g/mol. The lowest BCUT2D eigenvalue weighted by atomic mass is 10.1. The number of aryl methyl sites for hydroxylation is 3. The fraction of sp³-hybridized carbons (Fsp3) is 0.188. The number of pyridine rings is 1. The summed E-state index contributed by atoms with van der Waals surface area (Å²) in [6, 6.07) is 9.13. The number of nitrogens with zero attached hydrogens (tertiary/aromatic N) is 1. The topological polar surface area (TPSA) is 68.0 Å². The maximum absolute atomic E-state index is 12.4. The van der Waals surface area contributed by atoms with E-state index in [1.165, 1.54) is 0 Å². The molecule has 2 rings (SSSR count). The summed E-state index contributed by atoms with van der Waals surface area (Å²) in [7, 11) is 0. The number of carbonyl (C=O) groups excluding carboxylic acids is 1. The highest BCUT2D eigenvalue weighted by Crippen LogP contribution is 2.20. The maximum Gasteiger partial charge on any atom is 0.257 e. The van der Waals surface area contributed by atoms with Crippen LogP contribution in [0.15, 0.2) is 30.3 Å². The largest absolute Gasteiger partial charge is 0.389 e. The Labute approximate surface area is 129 Å². The summed E-state index contributed by atoms with van der Waals surface area (Å²) in [4.78, 5) is 17.0. The molecule has 3 N–H and O–H groups in total. The minimum absolute atomic E-state index is 0.219. The van der Waals surface area contributed by atoms with Gasteiger partial charge in [-0.2, -0.15) is 0 Å². The van der Waals surface area contributed by atoms with E-state index in [4.69, 9.17) is 18.0 Å². The van der Waals surface area contributed by atoms with Gasteiger partial charge in [0.15, 0.2) is 0 Å². The molecule has 108 valence electrons. The molecule has 0 bridgehead atoms. The van der Waals surface area contributed by atoms with E-state index in [9.17, 15) is 4.79 Å². The summed E-state index contributed by atoms with van der Waals surface area (Å²) in [5.41, 5.74) is 10.1. The van der Waals surface area contributed by atoms with Gasteiger partial charge < -0.3 is 11.1 Å². The van der Waals surface area contributed by atoms with Crippen molar-refractivity contribution < 1.29 is 4.79 Å². The number of hydrogen-bond acceptors (Lipinski definition) is 3. The molecule has 0 atom stereocenters. The van der Waals surface area contributed by atoms with Crippen LogP contribution in [0.25, 0.3) is 0 Å². The zero-order valence-corrected chi connectivity index (χ0v) is 13.0. The first-order chi connectivity index (χ1) is 9.90. The smallest absolute Gasteiger partial charge is 0.257 e. The molecule has 0 aliphatic heterocycles. The van der Waals surface area contributed by atoms with Gasteiger partial charge in [-0.05, 0) is 44.5 Å². The summed E-state index contributed by atoms with van der Waals surface area (Å²) in [5, 5.41) is 2.86. The number of rotatable bonds is 3. The quantitative estimate of drug-likeness (QED) is 0.855. The van der Waals surface area contributed by atoms with Gasteiger partial charge in [-0.25, -0.2) is 0 Å². The molecule has 0 saturated carbocycles.